The molecule has 146 valence electrons. The highest BCUT2D eigenvalue weighted by Gasteiger charge is 2.15. The van der Waals surface area contributed by atoms with E-state index >= 15 is 0 Å². The minimum Gasteiger partial charge on any atom is -0.354 e. The standard InChI is InChI=1S/C19H32N4O2S/c1-15(2)23-26(24,25)14-17-11-9-16(10-12-17)13-21-19(20-3)22-18-7-5-4-6-8-18/h9-12,15,18,23H,4-8,13-14H2,1-3H3,(H2,20,21,22). The van der Waals surface area contributed by atoms with Gasteiger partial charge in [-0.2, -0.15) is 0 Å². The summed E-state index contributed by atoms with van der Waals surface area (Å²) in [5, 5.41) is 6.82. The predicted octanol–water partition coefficient (Wildman–Crippen LogP) is 2.51. The number of hydrogen-bond donors (Lipinski definition) is 3. The quantitative estimate of drug-likeness (QED) is 0.501. The number of nitrogens with zero attached hydrogens (tertiary/aromatic N) is 1. The van der Waals surface area contributed by atoms with Crippen molar-refractivity contribution in [2.24, 2.45) is 4.99 Å². The molecule has 1 aliphatic carbocycles. The third kappa shape index (κ3) is 7.33. The zero-order valence-electron chi connectivity index (χ0n) is 16.1. The number of nitrogens with one attached hydrogen (secondary N) is 3. The molecule has 1 aromatic rings. The lowest BCUT2D eigenvalue weighted by Crippen LogP contribution is -2.43. The van der Waals surface area contributed by atoms with Crippen LogP contribution in [0.15, 0.2) is 29.3 Å². The second kappa shape index (κ2) is 9.92. The largest absolute Gasteiger partial charge is 0.354 e. The number of benzene rings is 1. The van der Waals surface area contributed by atoms with Crippen molar-refractivity contribution in [2.75, 3.05) is 7.05 Å². The summed E-state index contributed by atoms with van der Waals surface area (Å²) < 4.78 is 26.6. The highest BCUT2D eigenvalue weighted by Crippen LogP contribution is 2.17. The molecular weight excluding hydrogens is 348 g/mol. The smallest absolute Gasteiger partial charge is 0.216 e. The zero-order valence-corrected chi connectivity index (χ0v) is 16.9. The summed E-state index contributed by atoms with van der Waals surface area (Å²) in [5.74, 6) is 0.828. The van der Waals surface area contributed by atoms with Gasteiger partial charge in [-0.25, -0.2) is 13.1 Å². The molecule has 26 heavy (non-hydrogen) atoms. The van der Waals surface area contributed by atoms with Crippen LogP contribution in [-0.2, 0) is 22.3 Å². The predicted molar refractivity (Wildman–Crippen MR) is 108 cm³/mol. The van der Waals surface area contributed by atoms with Crippen LogP contribution in [-0.4, -0.2) is 33.5 Å². The van der Waals surface area contributed by atoms with Crippen molar-refractivity contribution in [2.45, 2.75) is 70.3 Å². The first-order chi connectivity index (χ1) is 12.4. The van der Waals surface area contributed by atoms with Gasteiger partial charge in [0.1, 0.15) is 0 Å². The van der Waals surface area contributed by atoms with Crippen LogP contribution in [0.3, 0.4) is 0 Å². The maximum Gasteiger partial charge on any atom is 0.216 e. The van der Waals surface area contributed by atoms with Crippen molar-refractivity contribution >= 4 is 16.0 Å². The Morgan fingerprint density at radius 1 is 1.12 bits per heavy atom. The first-order valence-electron chi connectivity index (χ1n) is 9.43. The topological polar surface area (TPSA) is 82.6 Å². The molecule has 0 atom stereocenters. The van der Waals surface area contributed by atoms with Crippen LogP contribution < -0.4 is 15.4 Å². The maximum atomic E-state index is 12.0. The Balaban J connectivity index is 1.84. The highest BCUT2D eigenvalue weighted by atomic mass is 32.2. The average molecular weight is 381 g/mol. The molecule has 1 aliphatic rings. The van der Waals surface area contributed by atoms with Gasteiger partial charge in [0.15, 0.2) is 5.96 Å². The summed E-state index contributed by atoms with van der Waals surface area (Å²) in [7, 11) is -1.50. The summed E-state index contributed by atoms with van der Waals surface area (Å²) in [6.07, 6.45) is 6.30. The van der Waals surface area contributed by atoms with Gasteiger partial charge >= 0.3 is 0 Å². The Morgan fingerprint density at radius 3 is 2.31 bits per heavy atom. The fourth-order valence-electron chi connectivity index (χ4n) is 3.19. The first kappa shape index (κ1) is 20.7. The summed E-state index contributed by atoms with van der Waals surface area (Å²) in [6, 6.07) is 8.08. The Kier molecular flexibility index (Phi) is 7.90. The Hall–Kier alpha value is -1.60. The van der Waals surface area contributed by atoms with E-state index in [0.717, 1.165) is 17.1 Å². The van der Waals surface area contributed by atoms with Crippen molar-refractivity contribution in [1.29, 1.82) is 0 Å². The van der Waals surface area contributed by atoms with Crippen molar-refractivity contribution in [3.05, 3.63) is 35.4 Å². The van der Waals surface area contributed by atoms with E-state index in [0.29, 0.717) is 12.6 Å². The van der Waals surface area contributed by atoms with Crippen molar-refractivity contribution in [3.63, 3.8) is 0 Å². The summed E-state index contributed by atoms with van der Waals surface area (Å²) in [5.41, 5.74) is 1.88. The fourth-order valence-corrected chi connectivity index (χ4v) is 4.63. The van der Waals surface area contributed by atoms with Crippen LogP contribution in [0.4, 0.5) is 0 Å². The van der Waals surface area contributed by atoms with Gasteiger partial charge in [-0.1, -0.05) is 43.5 Å². The van der Waals surface area contributed by atoms with Crippen LogP contribution in [0.25, 0.3) is 0 Å². The molecular formula is C19H32N4O2S. The van der Waals surface area contributed by atoms with E-state index in [1.165, 1.54) is 32.1 Å². The Morgan fingerprint density at radius 2 is 1.73 bits per heavy atom. The van der Waals surface area contributed by atoms with Crippen LogP contribution in [0, 0.1) is 0 Å². The van der Waals surface area contributed by atoms with Crippen LogP contribution >= 0.6 is 0 Å². The molecule has 1 saturated carbocycles. The van der Waals surface area contributed by atoms with E-state index in [2.05, 4.69) is 20.3 Å². The Bertz CT molecular complexity index is 678. The van der Waals surface area contributed by atoms with Crippen molar-refractivity contribution in [3.8, 4) is 0 Å². The lowest BCUT2D eigenvalue weighted by molar-refractivity contribution is 0.410. The second-order valence-electron chi connectivity index (χ2n) is 7.25. The van der Waals surface area contributed by atoms with E-state index in [1.807, 2.05) is 38.1 Å². The first-order valence-corrected chi connectivity index (χ1v) is 11.1. The van der Waals surface area contributed by atoms with Crippen molar-refractivity contribution in [1.82, 2.24) is 15.4 Å². The number of aliphatic imine (C=N–C) groups is 1. The normalized spacial score (nSPS) is 16.7. The number of guanidine groups is 1. The number of sulfonamides is 1. The van der Waals surface area contributed by atoms with Crippen LogP contribution in [0.5, 0.6) is 0 Å². The molecule has 0 unspecified atom stereocenters. The average Bonchev–Trinajstić information content (AvgIpc) is 2.59. The molecule has 3 N–H and O–H groups in total. The van der Waals surface area contributed by atoms with E-state index in [1.54, 1.807) is 7.05 Å². The van der Waals surface area contributed by atoms with Gasteiger partial charge in [-0.3, -0.25) is 4.99 Å². The van der Waals surface area contributed by atoms with Crippen LogP contribution in [0.2, 0.25) is 0 Å². The van der Waals surface area contributed by atoms with Gasteiger partial charge in [0.2, 0.25) is 10.0 Å². The highest BCUT2D eigenvalue weighted by molar-refractivity contribution is 7.88. The molecule has 2 rings (SSSR count). The molecule has 0 aliphatic heterocycles. The monoisotopic (exact) mass is 380 g/mol. The third-order valence-corrected chi connectivity index (χ3v) is 5.97. The van der Waals surface area contributed by atoms with Gasteiger partial charge in [-0.05, 0) is 37.8 Å². The summed E-state index contributed by atoms with van der Waals surface area (Å²) >= 11 is 0. The molecule has 7 heteroatoms. The van der Waals surface area contributed by atoms with Gasteiger partial charge in [0, 0.05) is 25.7 Å². The maximum absolute atomic E-state index is 12.0. The Labute approximate surface area is 157 Å². The van der Waals surface area contributed by atoms with Crippen molar-refractivity contribution < 1.29 is 8.42 Å². The molecule has 1 aromatic carbocycles. The molecule has 0 aromatic heterocycles. The van der Waals surface area contributed by atoms with Gasteiger partial charge in [-0.15, -0.1) is 0 Å². The van der Waals surface area contributed by atoms with Gasteiger partial charge in [0.25, 0.3) is 0 Å². The van der Waals surface area contributed by atoms with E-state index in [9.17, 15) is 8.42 Å². The van der Waals surface area contributed by atoms with Gasteiger partial charge in [0.05, 0.1) is 5.75 Å². The molecule has 0 radical (unpaired) electrons. The molecule has 0 heterocycles. The molecule has 0 saturated heterocycles. The van der Waals surface area contributed by atoms with Crippen LogP contribution in [0.1, 0.15) is 57.1 Å². The lowest BCUT2D eigenvalue weighted by Gasteiger charge is -2.24. The minimum absolute atomic E-state index is 0.00376. The number of hydrogen-bond acceptors (Lipinski definition) is 3. The van der Waals surface area contributed by atoms with Gasteiger partial charge < -0.3 is 10.6 Å². The third-order valence-electron chi connectivity index (χ3n) is 4.42. The van der Waals surface area contributed by atoms with E-state index in [-0.39, 0.29) is 11.8 Å². The molecule has 0 bridgehead atoms. The molecule has 6 nitrogen and oxygen atoms in total. The summed E-state index contributed by atoms with van der Waals surface area (Å²) in [6.45, 7) is 4.30. The van der Waals surface area contributed by atoms with E-state index in [4.69, 9.17) is 0 Å². The molecule has 0 spiro atoms. The fraction of sp³-hybridized carbons (Fsp3) is 0.632. The zero-order chi connectivity index (χ0) is 19.0. The minimum atomic E-state index is -3.29. The molecule has 0 amide bonds. The number of rotatable bonds is 7. The summed E-state index contributed by atoms with van der Waals surface area (Å²) in [4.78, 5) is 4.30. The van der Waals surface area contributed by atoms with E-state index < -0.39 is 10.0 Å². The SMILES string of the molecule is CN=C(NCc1ccc(CS(=O)(=O)NC(C)C)cc1)NC1CCCCC1. The second-order valence-corrected chi connectivity index (χ2v) is 9.01. The lowest BCUT2D eigenvalue weighted by atomic mass is 9.96. The molecule has 1 fully saturated rings.